The molecule has 6 rings (SSSR count). The smallest absolute Gasteiger partial charge is 0.258 e. The predicted octanol–water partition coefficient (Wildman–Crippen LogP) is 1.33. The van der Waals surface area contributed by atoms with Gasteiger partial charge in [0.05, 0.1) is 25.2 Å². The first-order valence-electron chi connectivity index (χ1n) is 12.4. The van der Waals surface area contributed by atoms with Gasteiger partial charge < -0.3 is 19.3 Å². The summed E-state index contributed by atoms with van der Waals surface area (Å²) in [4.78, 5) is 40.1. The number of amides is 1. The van der Waals surface area contributed by atoms with Crippen molar-refractivity contribution in [2.75, 3.05) is 32.9 Å². The zero-order valence-corrected chi connectivity index (χ0v) is 19.9. The van der Waals surface area contributed by atoms with Crippen molar-refractivity contribution >= 4 is 5.91 Å². The van der Waals surface area contributed by atoms with Gasteiger partial charge in [0.1, 0.15) is 0 Å². The minimum atomic E-state index is -0.447. The van der Waals surface area contributed by atoms with Gasteiger partial charge >= 0.3 is 0 Å². The summed E-state index contributed by atoms with van der Waals surface area (Å²) in [7, 11) is 0. The number of carbonyl (C=O) groups is 1. The summed E-state index contributed by atoms with van der Waals surface area (Å²) in [5.74, 6) is -0.701. The summed E-state index contributed by atoms with van der Waals surface area (Å²) in [6.07, 6.45) is 6.90. The second kappa shape index (κ2) is 9.57. The lowest BCUT2D eigenvalue weighted by Crippen LogP contribution is -2.47. The number of aliphatic hydroxyl groups excluding tert-OH is 1. The third kappa shape index (κ3) is 3.84. The summed E-state index contributed by atoms with van der Waals surface area (Å²) in [6, 6.07) is 11.0. The van der Waals surface area contributed by atoms with Gasteiger partial charge in [0.2, 0.25) is 5.91 Å². The largest absolute Gasteiger partial charge is 0.396 e. The maximum atomic E-state index is 13.9. The zero-order chi connectivity index (χ0) is 24.6. The van der Waals surface area contributed by atoms with Crippen LogP contribution in [-0.4, -0.2) is 74.3 Å². The van der Waals surface area contributed by atoms with Crippen LogP contribution in [-0.2, 0) is 22.6 Å². The lowest BCUT2D eigenvalue weighted by molar-refractivity contribution is -0.142. The van der Waals surface area contributed by atoms with E-state index in [0.29, 0.717) is 45.0 Å². The first-order chi connectivity index (χ1) is 17.7. The van der Waals surface area contributed by atoms with Crippen LogP contribution in [0.5, 0.6) is 0 Å². The quantitative estimate of drug-likeness (QED) is 0.580. The highest BCUT2D eigenvalue weighted by Crippen LogP contribution is 2.49. The number of hydrogen-bond acceptors (Lipinski definition) is 7. The molecule has 0 radical (unpaired) electrons. The third-order valence-corrected chi connectivity index (χ3v) is 7.87. The van der Waals surface area contributed by atoms with E-state index in [9.17, 15) is 14.7 Å². The monoisotopic (exact) mass is 487 g/mol. The first kappa shape index (κ1) is 23.0. The van der Waals surface area contributed by atoms with Crippen LogP contribution in [0.3, 0.4) is 0 Å². The van der Waals surface area contributed by atoms with Crippen LogP contribution in [0.4, 0.5) is 0 Å². The molecule has 4 atom stereocenters. The van der Waals surface area contributed by atoms with E-state index in [2.05, 4.69) is 14.9 Å². The van der Waals surface area contributed by atoms with E-state index in [1.165, 1.54) is 0 Å². The molecule has 0 aliphatic carbocycles. The van der Waals surface area contributed by atoms with E-state index in [1.54, 1.807) is 24.8 Å². The number of aromatic nitrogens is 3. The Kier molecular flexibility index (Phi) is 6.12. The predicted molar refractivity (Wildman–Crippen MR) is 132 cm³/mol. The summed E-state index contributed by atoms with van der Waals surface area (Å²) >= 11 is 0. The van der Waals surface area contributed by atoms with Crippen LogP contribution in [0.1, 0.15) is 17.3 Å². The Hall–Kier alpha value is -3.40. The Morgan fingerprint density at radius 1 is 1.06 bits per heavy atom. The number of carbonyl (C=O) groups excluding carboxylic acids is 1. The number of rotatable bonds is 5. The van der Waals surface area contributed by atoms with Crippen LogP contribution in [0.15, 0.2) is 66.0 Å². The van der Waals surface area contributed by atoms with Gasteiger partial charge in [-0.3, -0.25) is 24.5 Å². The molecule has 9 nitrogen and oxygen atoms in total. The third-order valence-electron chi connectivity index (χ3n) is 7.87. The SMILES string of the molecule is O=C([C@H]1[C@H](CO)[C@H]2Cn3c(ccc(-c4cccnc4)c3=O)[C@@H]1N2Cc1ccncc1)N1CCOCC1. The molecule has 6 heterocycles. The molecule has 36 heavy (non-hydrogen) atoms. The van der Waals surface area contributed by atoms with Gasteiger partial charge in [-0.25, -0.2) is 0 Å². The minimum absolute atomic E-state index is 0.0295. The van der Waals surface area contributed by atoms with Crippen molar-refractivity contribution in [1.82, 2.24) is 24.3 Å². The lowest BCUT2D eigenvalue weighted by Gasteiger charge is -2.39. The van der Waals surface area contributed by atoms with E-state index in [-0.39, 0.29) is 36.1 Å². The molecular weight excluding hydrogens is 458 g/mol. The Balaban J connectivity index is 1.45. The van der Waals surface area contributed by atoms with Gasteiger partial charge in [0, 0.05) is 86.4 Å². The van der Waals surface area contributed by atoms with Gasteiger partial charge in [-0.2, -0.15) is 0 Å². The van der Waals surface area contributed by atoms with Gasteiger partial charge in [-0.15, -0.1) is 0 Å². The minimum Gasteiger partial charge on any atom is -0.396 e. The number of pyridine rings is 3. The molecule has 3 aromatic rings. The van der Waals surface area contributed by atoms with Crippen molar-refractivity contribution in [3.8, 4) is 11.1 Å². The van der Waals surface area contributed by atoms with Gasteiger partial charge in [-0.1, -0.05) is 6.07 Å². The molecule has 1 N–H and O–H groups in total. The maximum Gasteiger partial charge on any atom is 0.258 e. The highest BCUT2D eigenvalue weighted by Gasteiger charge is 2.56. The normalized spacial score (nSPS) is 25.5. The number of hydrogen-bond donors (Lipinski definition) is 1. The van der Waals surface area contributed by atoms with Crippen molar-refractivity contribution in [2.24, 2.45) is 11.8 Å². The highest BCUT2D eigenvalue weighted by atomic mass is 16.5. The molecule has 3 aliphatic rings. The average Bonchev–Trinajstić information content (AvgIpc) is 3.13. The van der Waals surface area contributed by atoms with Crippen molar-refractivity contribution in [1.29, 1.82) is 0 Å². The Bertz CT molecular complexity index is 1290. The van der Waals surface area contributed by atoms with Gasteiger partial charge in [0.15, 0.2) is 0 Å². The molecule has 2 fully saturated rings. The van der Waals surface area contributed by atoms with Gasteiger partial charge in [-0.05, 0) is 35.9 Å². The molecule has 0 unspecified atom stereocenters. The van der Waals surface area contributed by atoms with E-state index in [1.807, 2.05) is 45.9 Å². The molecule has 3 aromatic heterocycles. The second-order valence-electron chi connectivity index (χ2n) is 9.68. The highest BCUT2D eigenvalue weighted by molar-refractivity contribution is 5.81. The van der Waals surface area contributed by atoms with Crippen LogP contribution in [0.2, 0.25) is 0 Å². The van der Waals surface area contributed by atoms with E-state index < -0.39 is 5.92 Å². The fourth-order valence-electron chi connectivity index (χ4n) is 6.16. The fraction of sp³-hybridized carbons (Fsp3) is 0.407. The molecule has 0 aromatic carbocycles. The van der Waals surface area contributed by atoms with E-state index in [0.717, 1.165) is 16.8 Å². The Morgan fingerprint density at radius 3 is 2.58 bits per heavy atom. The molecular formula is C27H29N5O4. The number of morpholine rings is 1. The summed E-state index contributed by atoms with van der Waals surface area (Å²) < 4.78 is 7.28. The Morgan fingerprint density at radius 2 is 1.86 bits per heavy atom. The van der Waals surface area contributed by atoms with E-state index >= 15 is 0 Å². The van der Waals surface area contributed by atoms with Crippen molar-refractivity contribution < 1.29 is 14.6 Å². The van der Waals surface area contributed by atoms with Crippen LogP contribution < -0.4 is 5.56 Å². The molecule has 186 valence electrons. The van der Waals surface area contributed by atoms with Crippen molar-refractivity contribution in [2.45, 2.75) is 25.2 Å². The van der Waals surface area contributed by atoms with E-state index in [4.69, 9.17) is 4.74 Å². The molecule has 0 spiro atoms. The molecule has 2 bridgehead atoms. The number of nitrogens with zero attached hydrogens (tertiary/aromatic N) is 5. The number of aliphatic hydroxyl groups is 1. The molecule has 0 saturated carbocycles. The average molecular weight is 488 g/mol. The number of fused-ring (bicyclic) bond motifs is 4. The topological polar surface area (TPSA) is 101 Å². The van der Waals surface area contributed by atoms with Crippen LogP contribution in [0, 0.1) is 11.8 Å². The molecule has 1 amide bonds. The molecule has 3 aliphatic heterocycles. The standard InChI is InChI=1S/C27H29N5O4/c33-17-21-23-16-32-22(4-3-20(26(32)34)19-2-1-7-29-14-19)25(31(23)15-18-5-8-28-9-6-18)24(21)27(35)30-10-12-36-13-11-30/h1-9,14,21,23-25,33H,10-13,15-17H2/t21-,23-,24+,25+/m1/s1. The summed E-state index contributed by atoms with van der Waals surface area (Å²) in [6.45, 7) is 3.03. The molecule has 9 heteroatoms. The first-order valence-corrected chi connectivity index (χ1v) is 12.4. The van der Waals surface area contributed by atoms with Crippen molar-refractivity contribution in [3.05, 3.63) is 82.8 Å². The van der Waals surface area contributed by atoms with Crippen molar-refractivity contribution in [3.63, 3.8) is 0 Å². The lowest BCUT2D eigenvalue weighted by atomic mass is 9.86. The number of ether oxygens (including phenoxy) is 1. The fourth-order valence-corrected chi connectivity index (χ4v) is 6.16. The Labute approximate surface area is 209 Å². The van der Waals surface area contributed by atoms with Gasteiger partial charge in [0.25, 0.3) is 5.56 Å². The maximum absolute atomic E-state index is 13.9. The molecule has 2 saturated heterocycles. The summed E-state index contributed by atoms with van der Waals surface area (Å²) in [5, 5.41) is 10.6. The summed E-state index contributed by atoms with van der Waals surface area (Å²) in [5.41, 5.74) is 3.17. The second-order valence-corrected chi connectivity index (χ2v) is 9.68. The van der Waals surface area contributed by atoms with Crippen LogP contribution in [0.25, 0.3) is 11.1 Å². The van der Waals surface area contributed by atoms with Crippen LogP contribution >= 0.6 is 0 Å². The zero-order valence-electron chi connectivity index (χ0n) is 19.9.